The lowest BCUT2D eigenvalue weighted by molar-refractivity contribution is 0.206. The molecule has 1 saturated heterocycles. The Hall–Kier alpha value is -2.27. The van der Waals surface area contributed by atoms with Gasteiger partial charge in [0.15, 0.2) is 0 Å². The first-order valence-electron chi connectivity index (χ1n) is 8.38. The molecule has 128 valence electrons. The average molecular weight is 327 g/mol. The quantitative estimate of drug-likeness (QED) is 0.883. The molecule has 5 nitrogen and oxygen atoms in total. The van der Waals surface area contributed by atoms with E-state index >= 15 is 0 Å². The Kier molecular flexibility index (Phi) is 5.54. The third kappa shape index (κ3) is 4.38. The van der Waals surface area contributed by atoms with Crippen LogP contribution in [-0.4, -0.2) is 43.2 Å². The molecule has 0 radical (unpaired) electrons. The maximum absolute atomic E-state index is 5.35. The molecule has 1 aromatic carbocycles. The fourth-order valence-corrected chi connectivity index (χ4v) is 3.16. The fourth-order valence-electron chi connectivity index (χ4n) is 3.16. The van der Waals surface area contributed by atoms with E-state index in [4.69, 9.17) is 9.47 Å². The number of methoxy groups -OCH3 is 2. The maximum Gasteiger partial charge on any atom is 0.124 e. The Labute approximate surface area is 143 Å². The first-order valence-corrected chi connectivity index (χ1v) is 8.38. The predicted octanol–water partition coefficient (Wildman–Crippen LogP) is 3.18. The summed E-state index contributed by atoms with van der Waals surface area (Å²) in [4.78, 5) is 6.89. The minimum absolute atomic E-state index is 0.416. The third-order valence-corrected chi connectivity index (χ3v) is 4.34. The van der Waals surface area contributed by atoms with Crippen LogP contribution in [0.5, 0.6) is 11.5 Å². The van der Waals surface area contributed by atoms with E-state index in [1.807, 2.05) is 36.5 Å². The number of ether oxygens (including phenoxy) is 2. The van der Waals surface area contributed by atoms with Gasteiger partial charge in [-0.2, -0.15) is 0 Å². The topological polar surface area (TPSA) is 46.6 Å². The van der Waals surface area contributed by atoms with Gasteiger partial charge >= 0.3 is 0 Å². The summed E-state index contributed by atoms with van der Waals surface area (Å²) in [6.45, 7) is 3.03. The number of aromatic nitrogens is 1. The van der Waals surface area contributed by atoms with E-state index < -0.39 is 0 Å². The lowest BCUT2D eigenvalue weighted by Gasteiger charge is -2.33. The second-order valence-corrected chi connectivity index (χ2v) is 6.14. The molecule has 0 amide bonds. The molecule has 1 N–H and O–H groups in total. The molecule has 2 heterocycles. The zero-order chi connectivity index (χ0) is 16.8. The number of nitrogens with one attached hydrogen (secondary N) is 1. The molecule has 1 fully saturated rings. The van der Waals surface area contributed by atoms with Gasteiger partial charge in [-0.15, -0.1) is 0 Å². The lowest BCUT2D eigenvalue weighted by atomic mass is 10.0. The first kappa shape index (κ1) is 16.6. The van der Waals surface area contributed by atoms with Gasteiger partial charge in [0.05, 0.1) is 19.9 Å². The minimum atomic E-state index is 0.416. The smallest absolute Gasteiger partial charge is 0.124 e. The zero-order valence-electron chi connectivity index (χ0n) is 14.4. The van der Waals surface area contributed by atoms with Crippen LogP contribution in [0.25, 0.3) is 0 Å². The highest BCUT2D eigenvalue weighted by Crippen LogP contribution is 2.27. The molecule has 3 rings (SSSR count). The Balaban J connectivity index is 1.63. The van der Waals surface area contributed by atoms with Gasteiger partial charge in [-0.25, -0.2) is 0 Å². The highest BCUT2D eigenvalue weighted by molar-refractivity contribution is 5.54. The van der Waals surface area contributed by atoms with Crippen molar-refractivity contribution in [1.29, 1.82) is 0 Å². The van der Waals surface area contributed by atoms with Crippen LogP contribution in [0.2, 0.25) is 0 Å². The SMILES string of the molecule is COc1cc(N[C@H]2CCCN(Cc3ccccn3)C2)cc(OC)c1. The summed E-state index contributed by atoms with van der Waals surface area (Å²) in [7, 11) is 3.35. The van der Waals surface area contributed by atoms with Crippen LogP contribution in [0.15, 0.2) is 42.6 Å². The normalized spacial score (nSPS) is 18.2. The number of nitrogens with zero attached hydrogens (tertiary/aromatic N) is 2. The highest BCUT2D eigenvalue weighted by Gasteiger charge is 2.20. The molecule has 1 atom stereocenters. The monoisotopic (exact) mass is 327 g/mol. The summed E-state index contributed by atoms with van der Waals surface area (Å²) in [5.41, 5.74) is 2.16. The van der Waals surface area contributed by atoms with Gasteiger partial charge in [0.2, 0.25) is 0 Å². The molecule has 1 aromatic heterocycles. The van der Waals surface area contributed by atoms with Gasteiger partial charge in [-0.3, -0.25) is 9.88 Å². The fraction of sp³-hybridized carbons (Fsp3) is 0.421. The molecular formula is C19H25N3O2. The molecule has 0 spiro atoms. The molecular weight excluding hydrogens is 302 g/mol. The van der Waals surface area contributed by atoms with E-state index in [9.17, 15) is 0 Å². The van der Waals surface area contributed by atoms with Crippen molar-refractivity contribution in [3.8, 4) is 11.5 Å². The summed E-state index contributed by atoms with van der Waals surface area (Å²) in [6, 6.07) is 12.4. The average Bonchev–Trinajstić information content (AvgIpc) is 2.62. The molecule has 1 aliphatic heterocycles. The van der Waals surface area contributed by atoms with Crippen LogP contribution in [0.3, 0.4) is 0 Å². The van der Waals surface area contributed by atoms with Crippen molar-refractivity contribution < 1.29 is 9.47 Å². The molecule has 5 heteroatoms. The largest absolute Gasteiger partial charge is 0.497 e. The van der Waals surface area contributed by atoms with E-state index in [-0.39, 0.29) is 0 Å². The van der Waals surface area contributed by atoms with E-state index in [0.717, 1.165) is 48.9 Å². The summed E-state index contributed by atoms with van der Waals surface area (Å²) < 4.78 is 10.7. The van der Waals surface area contributed by atoms with Crippen molar-refractivity contribution in [2.24, 2.45) is 0 Å². The Morgan fingerprint density at radius 2 is 1.96 bits per heavy atom. The Morgan fingerprint density at radius 1 is 1.17 bits per heavy atom. The van der Waals surface area contributed by atoms with E-state index in [2.05, 4.69) is 21.3 Å². The van der Waals surface area contributed by atoms with Crippen LogP contribution in [0.4, 0.5) is 5.69 Å². The third-order valence-electron chi connectivity index (χ3n) is 4.34. The molecule has 0 unspecified atom stereocenters. The van der Waals surface area contributed by atoms with Gasteiger partial charge in [0, 0.05) is 49.2 Å². The second kappa shape index (κ2) is 8.02. The maximum atomic E-state index is 5.35. The number of likely N-dealkylation sites (tertiary alicyclic amines) is 1. The van der Waals surface area contributed by atoms with Crippen molar-refractivity contribution >= 4 is 5.69 Å². The van der Waals surface area contributed by atoms with Crippen molar-refractivity contribution in [3.63, 3.8) is 0 Å². The van der Waals surface area contributed by atoms with Crippen LogP contribution in [-0.2, 0) is 6.54 Å². The number of hydrogen-bond acceptors (Lipinski definition) is 5. The van der Waals surface area contributed by atoms with Gasteiger partial charge in [0.25, 0.3) is 0 Å². The first-order chi connectivity index (χ1) is 11.8. The van der Waals surface area contributed by atoms with Crippen molar-refractivity contribution in [2.75, 3.05) is 32.6 Å². The number of piperidine rings is 1. The van der Waals surface area contributed by atoms with E-state index in [1.54, 1.807) is 14.2 Å². The van der Waals surface area contributed by atoms with Gasteiger partial charge in [-0.1, -0.05) is 6.07 Å². The van der Waals surface area contributed by atoms with E-state index in [0.29, 0.717) is 6.04 Å². The highest BCUT2D eigenvalue weighted by atomic mass is 16.5. The minimum Gasteiger partial charge on any atom is -0.497 e. The van der Waals surface area contributed by atoms with Crippen molar-refractivity contribution in [3.05, 3.63) is 48.3 Å². The van der Waals surface area contributed by atoms with Gasteiger partial charge in [-0.05, 0) is 31.5 Å². The lowest BCUT2D eigenvalue weighted by Crippen LogP contribution is -2.41. The number of rotatable bonds is 6. The molecule has 0 bridgehead atoms. The summed E-state index contributed by atoms with van der Waals surface area (Å²) in [5.74, 6) is 1.61. The zero-order valence-corrected chi connectivity index (χ0v) is 14.4. The summed E-state index contributed by atoms with van der Waals surface area (Å²) >= 11 is 0. The van der Waals surface area contributed by atoms with Crippen LogP contribution < -0.4 is 14.8 Å². The predicted molar refractivity (Wildman–Crippen MR) is 95.7 cm³/mol. The van der Waals surface area contributed by atoms with Crippen LogP contribution >= 0.6 is 0 Å². The number of anilines is 1. The van der Waals surface area contributed by atoms with Crippen LogP contribution in [0.1, 0.15) is 18.5 Å². The summed E-state index contributed by atoms with van der Waals surface area (Å²) in [5, 5.41) is 3.62. The van der Waals surface area contributed by atoms with Crippen molar-refractivity contribution in [2.45, 2.75) is 25.4 Å². The molecule has 0 aliphatic carbocycles. The number of hydrogen-bond donors (Lipinski definition) is 1. The number of benzene rings is 1. The molecule has 0 saturated carbocycles. The van der Waals surface area contributed by atoms with Crippen molar-refractivity contribution in [1.82, 2.24) is 9.88 Å². The standard InChI is InChI=1S/C19H25N3O2/c1-23-18-10-17(11-19(12-18)24-2)21-16-7-5-9-22(14-16)13-15-6-3-4-8-20-15/h3-4,6,8,10-12,16,21H,5,7,9,13-14H2,1-2H3/t16-/m0/s1. The molecule has 2 aromatic rings. The van der Waals surface area contributed by atoms with Gasteiger partial charge < -0.3 is 14.8 Å². The van der Waals surface area contributed by atoms with Crippen LogP contribution in [0, 0.1) is 0 Å². The second-order valence-electron chi connectivity index (χ2n) is 6.14. The Bertz CT molecular complexity index is 626. The molecule has 24 heavy (non-hydrogen) atoms. The van der Waals surface area contributed by atoms with E-state index in [1.165, 1.54) is 6.42 Å². The number of pyridine rings is 1. The van der Waals surface area contributed by atoms with Gasteiger partial charge in [0.1, 0.15) is 11.5 Å². The molecule has 1 aliphatic rings. The Morgan fingerprint density at radius 3 is 2.62 bits per heavy atom. The summed E-state index contributed by atoms with van der Waals surface area (Å²) in [6.07, 6.45) is 4.21.